The van der Waals surface area contributed by atoms with Gasteiger partial charge in [-0.1, -0.05) is 25.1 Å². The average molecular weight is 478 g/mol. The molecule has 1 N–H and O–H groups in total. The van der Waals surface area contributed by atoms with Crippen LogP contribution in [0.2, 0.25) is 0 Å². The van der Waals surface area contributed by atoms with Crippen LogP contribution in [0.3, 0.4) is 0 Å². The van der Waals surface area contributed by atoms with Gasteiger partial charge in [-0.15, -0.1) is 0 Å². The van der Waals surface area contributed by atoms with Crippen LogP contribution < -0.4 is 15.0 Å². The lowest BCUT2D eigenvalue weighted by molar-refractivity contribution is -0.141. The van der Waals surface area contributed by atoms with Crippen LogP contribution in [0.25, 0.3) is 11.5 Å². The largest absolute Gasteiger partial charge is 0.450 e. The maximum absolute atomic E-state index is 12.7. The molecule has 0 saturated carbocycles. The fourth-order valence-electron chi connectivity index (χ4n) is 4.43. The minimum Gasteiger partial charge on any atom is -0.450 e. The molecule has 35 heavy (non-hydrogen) atoms. The lowest BCUT2D eigenvalue weighted by Crippen LogP contribution is -2.32. The van der Waals surface area contributed by atoms with E-state index < -0.39 is 6.09 Å². The lowest BCUT2D eigenvalue weighted by Gasteiger charge is -2.31. The van der Waals surface area contributed by atoms with Crippen molar-refractivity contribution in [3.8, 4) is 17.2 Å². The van der Waals surface area contributed by atoms with Crippen LogP contribution >= 0.6 is 0 Å². The van der Waals surface area contributed by atoms with Gasteiger partial charge in [0, 0.05) is 37.0 Å². The van der Waals surface area contributed by atoms with Gasteiger partial charge < -0.3 is 24.1 Å². The molecule has 8 heteroatoms. The van der Waals surface area contributed by atoms with Crippen LogP contribution in [0.15, 0.2) is 59.3 Å². The molecule has 4 rings (SSSR count). The van der Waals surface area contributed by atoms with Gasteiger partial charge in [-0.3, -0.25) is 4.79 Å². The summed E-state index contributed by atoms with van der Waals surface area (Å²) in [6, 6.07) is 13.6. The molecule has 1 aliphatic heterocycles. The second-order valence-corrected chi connectivity index (χ2v) is 8.53. The van der Waals surface area contributed by atoms with E-state index >= 15 is 0 Å². The number of carbonyl (C=O) groups excluding carboxylic acids is 2. The molecular formula is C27H31N3O5. The van der Waals surface area contributed by atoms with Crippen LogP contribution in [-0.2, 0) is 16.1 Å². The first-order valence-electron chi connectivity index (χ1n) is 12.0. The Bertz CT molecular complexity index is 1160. The van der Waals surface area contributed by atoms with Gasteiger partial charge >= 0.3 is 12.1 Å². The Morgan fingerprint density at radius 3 is 2.74 bits per heavy atom. The van der Waals surface area contributed by atoms with E-state index in [4.69, 9.17) is 13.9 Å². The molecule has 2 aromatic carbocycles. The Balaban J connectivity index is 1.28. The molecule has 1 aromatic heterocycles. The number of amides is 1. The first-order chi connectivity index (χ1) is 17.0. The number of hydrogen-bond donors (Lipinski definition) is 1. The van der Waals surface area contributed by atoms with Crippen molar-refractivity contribution in [2.24, 2.45) is 5.92 Å². The highest BCUT2D eigenvalue weighted by molar-refractivity contribution is 5.80. The number of oxazole rings is 1. The number of alkyl carbamates (subject to hydrolysis) is 1. The van der Waals surface area contributed by atoms with E-state index in [0.717, 1.165) is 35.5 Å². The number of aromatic nitrogens is 1. The highest BCUT2D eigenvalue weighted by Crippen LogP contribution is 2.40. The van der Waals surface area contributed by atoms with E-state index in [2.05, 4.69) is 35.1 Å². The van der Waals surface area contributed by atoms with E-state index in [-0.39, 0.29) is 24.4 Å². The molecule has 0 bridgehead atoms. The third-order valence-electron chi connectivity index (χ3n) is 6.44. The SMILES string of the molecule is CCN(CC)c1ccc2c(c1)OC(=O)C(CCOC(=O)NCc1cccc(-c3ncco3)c1)C2C. The fourth-order valence-corrected chi connectivity index (χ4v) is 4.43. The zero-order valence-corrected chi connectivity index (χ0v) is 20.3. The third kappa shape index (κ3) is 5.65. The molecule has 0 fully saturated rings. The molecule has 8 nitrogen and oxygen atoms in total. The minimum absolute atomic E-state index is 0.0263. The van der Waals surface area contributed by atoms with Crippen molar-refractivity contribution in [1.82, 2.24) is 10.3 Å². The predicted octanol–water partition coefficient (Wildman–Crippen LogP) is 5.14. The number of benzene rings is 2. The highest BCUT2D eigenvalue weighted by atomic mass is 16.6. The maximum Gasteiger partial charge on any atom is 0.407 e. The summed E-state index contributed by atoms with van der Waals surface area (Å²) >= 11 is 0. The van der Waals surface area contributed by atoms with Crippen LogP contribution in [0.1, 0.15) is 44.2 Å². The molecular weight excluding hydrogens is 446 g/mol. The van der Waals surface area contributed by atoms with Gasteiger partial charge in [-0.25, -0.2) is 9.78 Å². The summed E-state index contributed by atoms with van der Waals surface area (Å²) in [5, 5.41) is 2.74. The predicted molar refractivity (Wildman–Crippen MR) is 132 cm³/mol. The van der Waals surface area contributed by atoms with Crippen LogP contribution in [-0.4, -0.2) is 36.7 Å². The summed E-state index contributed by atoms with van der Waals surface area (Å²) in [6.45, 7) is 8.40. The number of esters is 1. The second kappa shape index (κ2) is 11.1. The summed E-state index contributed by atoms with van der Waals surface area (Å²) in [4.78, 5) is 31.2. The third-order valence-corrected chi connectivity index (χ3v) is 6.44. The lowest BCUT2D eigenvalue weighted by atomic mass is 9.83. The Labute approximate surface area is 205 Å². The summed E-state index contributed by atoms with van der Waals surface area (Å²) in [7, 11) is 0. The summed E-state index contributed by atoms with van der Waals surface area (Å²) in [6.07, 6.45) is 2.96. The van der Waals surface area contributed by atoms with Crippen molar-refractivity contribution in [3.63, 3.8) is 0 Å². The maximum atomic E-state index is 12.7. The van der Waals surface area contributed by atoms with E-state index in [1.54, 1.807) is 6.20 Å². The monoisotopic (exact) mass is 477 g/mol. The van der Waals surface area contributed by atoms with Crippen LogP contribution in [0, 0.1) is 5.92 Å². The van der Waals surface area contributed by atoms with Gasteiger partial charge in [0.05, 0.1) is 18.7 Å². The Kier molecular flexibility index (Phi) is 7.70. The van der Waals surface area contributed by atoms with E-state index in [1.165, 1.54) is 6.26 Å². The van der Waals surface area contributed by atoms with Crippen molar-refractivity contribution in [2.45, 2.75) is 39.7 Å². The standard InChI is InChI=1S/C27H31N3O5/c1-4-30(5-2)21-9-10-22-18(3)23(26(31)35-24(22)16-21)11-13-34-27(32)29-17-19-7-6-8-20(15-19)25-28-12-14-33-25/h6-10,12,14-16,18,23H,4-5,11,13,17H2,1-3H3,(H,29,32). The summed E-state index contributed by atoms with van der Waals surface area (Å²) < 4.78 is 16.3. The normalized spacial score (nSPS) is 16.8. The topological polar surface area (TPSA) is 93.9 Å². The number of carbonyl (C=O) groups is 2. The van der Waals surface area contributed by atoms with Gasteiger partial charge in [0.25, 0.3) is 0 Å². The van der Waals surface area contributed by atoms with Crippen LogP contribution in [0.5, 0.6) is 5.75 Å². The molecule has 0 radical (unpaired) electrons. The van der Waals surface area contributed by atoms with Crippen molar-refractivity contribution < 1.29 is 23.5 Å². The quantitative estimate of drug-likeness (QED) is 0.337. The number of ether oxygens (including phenoxy) is 2. The number of fused-ring (bicyclic) bond motifs is 1. The van der Waals surface area contributed by atoms with Gasteiger partial charge in [-0.2, -0.15) is 0 Å². The van der Waals surface area contributed by atoms with Gasteiger partial charge in [-0.05, 0) is 55.5 Å². The van der Waals surface area contributed by atoms with Crippen molar-refractivity contribution >= 4 is 17.7 Å². The first-order valence-corrected chi connectivity index (χ1v) is 12.0. The number of anilines is 1. The molecule has 2 atom stereocenters. The molecule has 3 aromatic rings. The Morgan fingerprint density at radius 2 is 2.00 bits per heavy atom. The molecule has 2 heterocycles. The molecule has 0 spiro atoms. The van der Waals surface area contributed by atoms with E-state index in [1.807, 2.05) is 43.3 Å². The number of nitrogens with one attached hydrogen (secondary N) is 1. The van der Waals surface area contributed by atoms with Gasteiger partial charge in [0.15, 0.2) is 0 Å². The van der Waals surface area contributed by atoms with Crippen LogP contribution in [0.4, 0.5) is 10.5 Å². The Morgan fingerprint density at radius 1 is 1.17 bits per heavy atom. The number of hydrogen-bond acceptors (Lipinski definition) is 7. The highest BCUT2D eigenvalue weighted by Gasteiger charge is 2.35. The molecule has 0 aliphatic carbocycles. The number of nitrogens with zero attached hydrogens (tertiary/aromatic N) is 2. The molecule has 184 valence electrons. The van der Waals surface area contributed by atoms with Crippen molar-refractivity contribution in [2.75, 3.05) is 24.6 Å². The van der Waals surface area contributed by atoms with Crippen molar-refractivity contribution in [1.29, 1.82) is 0 Å². The Hall–Kier alpha value is -3.81. The molecule has 1 aliphatic rings. The fraction of sp³-hybridized carbons (Fsp3) is 0.370. The van der Waals surface area contributed by atoms with Gasteiger partial charge in [0.1, 0.15) is 12.0 Å². The zero-order chi connectivity index (χ0) is 24.8. The van der Waals surface area contributed by atoms with E-state index in [9.17, 15) is 9.59 Å². The zero-order valence-electron chi connectivity index (χ0n) is 20.3. The van der Waals surface area contributed by atoms with Gasteiger partial charge in [0.2, 0.25) is 5.89 Å². The first kappa shape index (κ1) is 24.3. The summed E-state index contributed by atoms with van der Waals surface area (Å²) in [5.74, 6) is 0.463. The number of rotatable bonds is 9. The molecule has 2 unspecified atom stereocenters. The molecule has 0 saturated heterocycles. The average Bonchev–Trinajstić information content (AvgIpc) is 3.41. The molecule has 1 amide bonds. The minimum atomic E-state index is -0.535. The smallest absolute Gasteiger partial charge is 0.407 e. The van der Waals surface area contributed by atoms with E-state index in [0.29, 0.717) is 24.6 Å². The second-order valence-electron chi connectivity index (χ2n) is 8.53. The van der Waals surface area contributed by atoms with Crippen molar-refractivity contribution in [3.05, 3.63) is 66.1 Å². The summed E-state index contributed by atoms with van der Waals surface area (Å²) in [5.41, 5.74) is 3.76.